The molecule has 0 saturated heterocycles. The van der Waals surface area contributed by atoms with Gasteiger partial charge in [0, 0.05) is 16.3 Å². The van der Waals surface area contributed by atoms with Crippen LogP contribution in [0.5, 0.6) is 0 Å². The molecular formula is C35H26O. The molecule has 2 aliphatic carbocycles. The molecule has 172 valence electrons. The van der Waals surface area contributed by atoms with Crippen LogP contribution in [0.3, 0.4) is 0 Å². The third-order valence-corrected chi connectivity index (χ3v) is 8.29. The molecule has 8 rings (SSSR count). The second kappa shape index (κ2) is 7.70. The van der Waals surface area contributed by atoms with Gasteiger partial charge in [-0.25, -0.2) is 0 Å². The topological polar surface area (TPSA) is 13.1 Å². The van der Waals surface area contributed by atoms with Gasteiger partial charge in [-0.1, -0.05) is 78.9 Å². The fourth-order valence-corrected chi connectivity index (χ4v) is 6.40. The van der Waals surface area contributed by atoms with Crippen molar-refractivity contribution < 1.29 is 4.42 Å². The van der Waals surface area contributed by atoms with Crippen LogP contribution >= 0.6 is 0 Å². The quantitative estimate of drug-likeness (QED) is 0.249. The fourth-order valence-electron chi connectivity index (χ4n) is 6.40. The smallest absolute Gasteiger partial charge is 0.143 e. The fraction of sp³-hybridized carbons (Fsp3) is 0.143. The lowest BCUT2D eigenvalue weighted by atomic mass is 9.88. The van der Waals surface area contributed by atoms with E-state index in [1.54, 1.807) is 11.1 Å². The zero-order chi connectivity index (χ0) is 23.6. The molecule has 1 nitrogen and oxygen atoms in total. The van der Waals surface area contributed by atoms with Crippen molar-refractivity contribution in [2.45, 2.75) is 32.1 Å². The molecule has 0 aliphatic heterocycles. The molecule has 1 aromatic heterocycles. The number of hydrogen-bond donors (Lipinski definition) is 0. The highest BCUT2D eigenvalue weighted by molar-refractivity contribution is 6.09. The predicted molar refractivity (Wildman–Crippen MR) is 149 cm³/mol. The average molecular weight is 463 g/mol. The first-order valence-electron chi connectivity index (χ1n) is 13.1. The molecule has 0 atom stereocenters. The Morgan fingerprint density at radius 2 is 1.14 bits per heavy atom. The van der Waals surface area contributed by atoms with Gasteiger partial charge in [0.1, 0.15) is 11.2 Å². The van der Waals surface area contributed by atoms with E-state index in [4.69, 9.17) is 4.42 Å². The Morgan fingerprint density at radius 3 is 2.00 bits per heavy atom. The van der Waals surface area contributed by atoms with E-state index in [1.165, 1.54) is 75.4 Å². The normalized spacial score (nSPS) is 14.1. The molecular weight excluding hydrogens is 436 g/mol. The van der Waals surface area contributed by atoms with Gasteiger partial charge >= 0.3 is 0 Å². The van der Waals surface area contributed by atoms with Gasteiger partial charge in [-0.3, -0.25) is 0 Å². The summed E-state index contributed by atoms with van der Waals surface area (Å²) in [4.78, 5) is 0. The molecule has 0 bridgehead atoms. The first kappa shape index (κ1) is 20.1. The van der Waals surface area contributed by atoms with Gasteiger partial charge in [-0.15, -0.1) is 0 Å². The van der Waals surface area contributed by atoms with Crippen molar-refractivity contribution >= 4 is 21.9 Å². The second-order valence-corrected chi connectivity index (χ2v) is 10.4. The molecule has 36 heavy (non-hydrogen) atoms. The number of furan rings is 1. The van der Waals surface area contributed by atoms with Crippen molar-refractivity contribution in [3.8, 4) is 33.4 Å². The lowest BCUT2D eigenvalue weighted by Gasteiger charge is -2.17. The molecule has 1 heteroatoms. The predicted octanol–water partition coefficient (Wildman–Crippen LogP) is 9.37. The van der Waals surface area contributed by atoms with Gasteiger partial charge in [0.25, 0.3) is 0 Å². The number of fused-ring (bicyclic) bond motifs is 7. The second-order valence-electron chi connectivity index (χ2n) is 10.4. The van der Waals surface area contributed by atoms with E-state index < -0.39 is 0 Å². The van der Waals surface area contributed by atoms with E-state index in [1.807, 2.05) is 6.07 Å². The Balaban J connectivity index is 1.25. The summed E-state index contributed by atoms with van der Waals surface area (Å²) in [5, 5.41) is 2.36. The molecule has 0 unspecified atom stereocenters. The highest BCUT2D eigenvalue weighted by Crippen LogP contribution is 2.43. The average Bonchev–Trinajstić information content (AvgIpc) is 3.50. The summed E-state index contributed by atoms with van der Waals surface area (Å²) in [6.45, 7) is 0. The van der Waals surface area contributed by atoms with E-state index in [0.29, 0.717) is 0 Å². The number of rotatable bonds is 2. The van der Waals surface area contributed by atoms with Crippen LogP contribution in [-0.4, -0.2) is 0 Å². The number of aryl methyl sites for hydroxylation is 2. The molecule has 0 saturated carbocycles. The van der Waals surface area contributed by atoms with Gasteiger partial charge in [0.05, 0.1) is 0 Å². The zero-order valence-corrected chi connectivity index (χ0v) is 20.2. The summed E-state index contributed by atoms with van der Waals surface area (Å²) >= 11 is 0. The molecule has 2 aliphatic rings. The van der Waals surface area contributed by atoms with Crippen LogP contribution in [0.1, 0.15) is 35.1 Å². The third kappa shape index (κ3) is 3.02. The minimum Gasteiger partial charge on any atom is -0.455 e. The van der Waals surface area contributed by atoms with Crippen LogP contribution < -0.4 is 0 Å². The van der Waals surface area contributed by atoms with Gasteiger partial charge in [0.15, 0.2) is 0 Å². The summed E-state index contributed by atoms with van der Waals surface area (Å²) in [7, 11) is 0. The summed E-state index contributed by atoms with van der Waals surface area (Å²) in [6, 6.07) is 35.9. The largest absolute Gasteiger partial charge is 0.455 e. The standard InChI is InChI=1S/C35H26O/c1-2-7-23-18-24(13-12-22(23)6-1)25-14-15-26-19-27-16-17-28(21-33(27)32(26)20-25)29-9-5-10-31-30-8-3-4-11-34(30)36-35(29)31/h3-5,8-18,20-21H,1-2,6-7,19H2. The minimum atomic E-state index is 0.946. The first-order valence-corrected chi connectivity index (χ1v) is 13.1. The van der Waals surface area contributed by atoms with E-state index >= 15 is 0 Å². The van der Waals surface area contributed by atoms with E-state index in [0.717, 1.165) is 23.2 Å². The molecule has 0 radical (unpaired) electrons. The molecule has 1 heterocycles. The summed E-state index contributed by atoms with van der Waals surface area (Å²) < 4.78 is 6.35. The monoisotopic (exact) mass is 462 g/mol. The van der Waals surface area contributed by atoms with E-state index in [9.17, 15) is 0 Å². The van der Waals surface area contributed by atoms with Crippen molar-refractivity contribution in [3.05, 3.63) is 119 Å². The number of benzene rings is 5. The van der Waals surface area contributed by atoms with Crippen molar-refractivity contribution in [2.24, 2.45) is 0 Å². The SMILES string of the molecule is c1ccc2c(c1)oc1c(-c3ccc4c(c3)-c3cc(-c5ccc6c(c5)CCCC6)ccc3C4)cccc12. The van der Waals surface area contributed by atoms with Crippen LogP contribution in [0, 0.1) is 0 Å². The molecule has 0 spiro atoms. The maximum Gasteiger partial charge on any atom is 0.143 e. The molecule has 6 aromatic rings. The highest BCUT2D eigenvalue weighted by Gasteiger charge is 2.21. The van der Waals surface area contributed by atoms with Gasteiger partial charge in [-0.2, -0.15) is 0 Å². The first-order chi connectivity index (χ1) is 17.8. The van der Waals surface area contributed by atoms with Crippen molar-refractivity contribution in [3.63, 3.8) is 0 Å². The Labute approximate surface area is 211 Å². The van der Waals surface area contributed by atoms with Gasteiger partial charge in [0.2, 0.25) is 0 Å². The lowest BCUT2D eigenvalue weighted by Crippen LogP contribution is -2.02. The molecule has 0 N–H and O–H groups in total. The lowest BCUT2D eigenvalue weighted by molar-refractivity contribution is 0.670. The van der Waals surface area contributed by atoms with Crippen LogP contribution in [0.25, 0.3) is 55.3 Å². The van der Waals surface area contributed by atoms with Crippen LogP contribution in [0.15, 0.2) is 101 Å². The van der Waals surface area contributed by atoms with Gasteiger partial charge < -0.3 is 4.42 Å². The van der Waals surface area contributed by atoms with Gasteiger partial charge in [-0.05, 0) is 100 Å². The van der Waals surface area contributed by atoms with E-state index in [-0.39, 0.29) is 0 Å². The van der Waals surface area contributed by atoms with Crippen molar-refractivity contribution in [2.75, 3.05) is 0 Å². The Kier molecular flexibility index (Phi) is 4.30. The Hall–Kier alpha value is -4.10. The number of hydrogen-bond acceptors (Lipinski definition) is 1. The Morgan fingerprint density at radius 1 is 0.472 bits per heavy atom. The summed E-state index contributed by atoms with van der Waals surface area (Å²) in [5.74, 6) is 0. The van der Waals surface area contributed by atoms with Crippen molar-refractivity contribution in [1.82, 2.24) is 0 Å². The maximum absolute atomic E-state index is 6.35. The molecule has 0 amide bonds. The maximum atomic E-state index is 6.35. The van der Waals surface area contributed by atoms with E-state index in [2.05, 4.69) is 91.0 Å². The Bertz CT molecular complexity index is 1820. The van der Waals surface area contributed by atoms with Crippen LogP contribution in [0.4, 0.5) is 0 Å². The third-order valence-electron chi connectivity index (χ3n) is 8.29. The van der Waals surface area contributed by atoms with Crippen LogP contribution in [0.2, 0.25) is 0 Å². The molecule has 0 fully saturated rings. The van der Waals surface area contributed by atoms with Crippen molar-refractivity contribution in [1.29, 1.82) is 0 Å². The molecule has 5 aromatic carbocycles. The van der Waals surface area contributed by atoms with Crippen LogP contribution in [-0.2, 0) is 19.3 Å². The zero-order valence-electron chi connectivity index (χ0n) is 20.2. The number of para-hydroxylation sites is 2. The summed E-state index contributed by atoms with van der Waals surface area (Å²) in [5.41, 5.74) is 15.6. The summed E-state index contributed by atoms with van der Waals surface area (Å²) in [6.07, 6.45) is 6.09. The highest BCUT2D eigenvalue weighted by atomic mass is 16.3. The minimum absolute atomic E-state index is 0.946.